The molecule has 9 nitrogen and oxygen atoms in total. The number of rotatable bonds is 6. The quantitative estimate of drug-likeness (QED) is 0.403. The van der Waals surface area contributed by atoms with Crippen LogP contribution in [0, 0.1) is 36.5 Å². The molecule has 3 aromatic rings. The highest BCUT2D eigenvalue weighted by Crippen LogP contribution is 2.68. The standard InChI is InChI=1S/C31H31N3O6S2/c1-13-5-8-16(9-6-13)32-27(35)14(2)34-29(36)23-17-12-18(24(23)30(34)37)25-22(17)21(26-28(41-25)33-31(38)42-26)15-7-10-19(39-3)20(11-15)40-4/h5-11,14,17-18,21-25H,12H2,1-4H3,(H,32,35)(H,33,38). The summed E-state index contributed by atoms with van der Waals surface area (Å²) in [5.74, 6) is -0.771. The van der Waals surface area contributed by atoms with Crippen molar-refractivity contribution in [1.29, 1.82) is 0 Å². The lowest BCUT2D eigenvalue weighted by molar-refractivity contribution is -0.146. The molecule has 4 aliphatic rings. The Hall–Kier alpha value is -3.57. The van der Waals surface area contributed by atoms with E-state index in [9.17, 15) is 19.2 Å². The molecule has 0 spiro atoms. The fourth-order valence-corrected chi connectivity index (χ4v) is 10.7. The molecule has 218 valence electrons. The molecule has 0 radical (unpaired) electrons. The highest BCUT2D eigenvalue weighted by Gasteiger charge is 2.70. The van der Waals surface area contributed by atoms with Crippen molar-refractivity contribution in [3.63, 3.8) is 0 Å². The van der Waals surface area contributed by atoms with Gasteiger partial charge in [-0.1, -0.05) is 35.1 Å². The van der Waals surface area contributed by atoms with Crippen LogP contribution in [0.15, 0.2) is 52.3 Å². The van der Waals surface area contributed by atoms with Crippen LogP contribution in [0.5, 0.6) is 11.5 Å². The lowest BCUT2D eigenvalue weighted by Gasteiger charge is -2.43. The van der Waals surface area contributed by atoms with E-state index in [1.54, 1.807) is 32.9 Å². The highest BCUT2D eigenvalue weighted by molar-refractivity contribution is 8.00. The molecule has 8 unspecified atom stereocenters. The molecule has 2 aliphatic heterocycles. The second kappa shape index (κ2) is 10.0. The van der Waals surface area contributed by atoms with Crippen LogP contribution < -0.4 is 19.7 Å². The summed E-state index contributed by atoms with van der Waals surface area (Å²) < 4.78 is 11.1. The Labute approximate surface area is 251 Å². The zero-order valence-electron chi connectivity index (χ0n) is 23.6. The molecule has 1 aromatic heterocycles. The van der Waals surface area contributed by atoms with Gasteiger partial charge in [0.25, 0.3) is 0 Å². The number of nitrogens with zero attached hydrogens (tertiary/aromatic N) is 1. The number of anilines is 1. The van der Waals surface area contributed by atoms with Gasteiger partial charge in [-0.25, -0.2) is 0 Å². The number of hydrogen-bond donors (Lipinski definition) is 2. The van der Waals surface area contributed by atoms with Crippen LogP contribution in [-0.4, -0.2) is 53.1 Å². The van der Waals surface area contributed by atoms with Gasteiger partial charge < -0.3 is 19.8 Å². The molecule has 2 saturated carbocycles. The molecular formula is C31H31N3O6S2. The van der Waals surface area contributed by atoms with Gasteiger partial charge in [-0.2, -0.15) is 0 Å². The van der Waals surface area contributed by atoms with Crippen LogP contribution in [0.25, 0.3) is 0 Å². The smallest absolute Gasteiger partial charge is 0.305 e. The Kier molecular flexibility index (Phi) is 6.50. The van der Waals surface area contributed by atoms with Gasteiger partial charge in [0.15, 0.2) is 11.5 Å². The second-order valence-corrected chi connectivity index (χ2v) is 13.9. The van der Waals surface area contributed by atoms with Gasteiger partial charge in [0.2, 0.25) is 17.7 Å². The van der Waals surface area contributed by atoms with Crippen LogP contribution in [0.1, 0.15) is 35.3 Å². The van der Waals surface area contributed by atoms with E-state index in [-0.39, 0.29) is 51.5 Å². The number of amides is 3. The topological polar surface area (TPSA) is 118 Å². The number of aromatic nitrogens is 1. The molecule has 3 heterocycles. The molecule has 3 fully saturated rings. The van der Waals surface area contributed by atoms with E-state index in [0.29, 0.717) is 17.2 Å². The Bertz CT molecular complexity index is 1670. The number of thiazole rings is 1. The van der Waals surface area contributed by atoms with Gasteiger partial charge >= 0.3 is 4.87 Å². The van der Waals surface area contributed by atoms with Crippen molar-refractivity contribution in [3.8, 4) is 11.5 Å². The number of ether oxygens (including phenoxy) is 2. The first kappa shape index (κ1) is 27.3. The molecule has 42 heavy (non-hydrogen) atoms. The summed E-state index contributed by atoms with van der Waals surface area (Å²) in [5.41, 5.74) is 2.68. The number of aromatic amines is 1. The van der Waals surface area contributed by atoms with Crippen LogP contribution in [-0.2, 0) is 14.4 Å². The fourth-order valence-electron chi connectivity index (χ4n) is 7.84. The fraction of sp³-hybridized carbons (Fsp3) is 0.419. The maximum atomic E-state index is 14.0. The SMILES string of the molecule is COc1ccc(C2c3sc(=O)[nH]c3SC3C4CC(C5C(=O)N(C(C)C(=O)Nc6ccc(C)cc6)C(=O)C45)C23)cc1OC. The minimum atomic E-state index is -0.925. The molecule has 11 heteroatoms. The van der Waals surface area contributed by atoms with Gasteiger partial charge in [0, 0.05) is 21.7 Å². The van der Waals surface area contributed by atoms with Crippen LogP contribution in [0.4, 0.5) is 5.69 Å². The number of fused-ring (bicyclic) bond motifs is 9. The Morgan fingerprint density at radius 3 is 2.38 bits per heavy atom. The number of imide groups is 1. The van der Waals surface area contributed by atoms with Crippen molar-refractivity contribution in [2.45, 2.75) is 42.5 Å². The summed E-state index contributed by atoms with van der Waals surface area (Å²) in [7, 11) is 3.18. The van der Waals surface area contributed by atoms with Gasteiger partial charge in [-0.05, 0) is 67.9 Å². The maximum Gasteiger partial charge on any atom is 0.305 e. The summed E-state index contributed by atoms with van der Waals surface area (Å²) in [6.45, 7) is 3.59. The molecule has 8 atom stereocenters. The Morgan fingerprint density at radius 2 is 1.69 bits per heavy atom. The van der Waals surface area contributed by atoms with E-state index in [1.165, 1.54) is 16.2 Å². The van der Waals surface area contributed by atoms with Crippen LogP contribution >= 0.6 is 23.1 Å². The van der Waals surface area contributed by atoms with Gasteiger partial charge in [-0.3, -0.25) is 24.1 Å². The van der Waals surface area contributed by atoms with Gasteiger partial charge in [-0.15, -0.1) is 11.8 Å². The van der Waals surface area contributed by atoms with Crippen molar-refractivity contribution in [3.05, 3.63) is 68.1 Å². The monoisotopic (exact) mass is 605 g/mol. The molecule has 2 N–H and O–H groups in total. The number of H-pyrrole nitrogens is 1. The van der Waals surface area contributed by atoms with Crippen molar-refractivity contribution in [2.24, 2.45) is 29.6 Å². The summed E-state index contributed by atoms with van der Waals surface area (Å²) >= 11 is 2.85. The first-order valence-electron chi connectivity index (χ1n) is 14.1. The number of carbonyl (C=O) groups excluding carboxylic acids is 3. The van der Waals surface area contributed by atoms with E-state index < -0.39 is 17.9 Å². The first-order chi connectivity index (χ1) is 20.2. The third-order valence-corrected chi connectivity index (χ3v) is 12.2. The highest BCUT2D eigenvalue weighted by atomic mass is 32.2. The van der Waals surface area contributed by atoms with Crippen molar-refractivity contribution < 1.29 is 23.9 Å². The van der Waals surface area contributed by atoms with E-state index in [1.807, 2.05) is 49.4 Å². The zero-order valence-corrected chi connectivity index (χ0v) is 25.2. The zero-order chi connectivity index (χ0) is 29.4. The molecule has 2 aromatic carbocycles. The number of hydrogen-bond acceptors (Lipinski definition) is 8. The average molecular weight is 606 g/mol. The Balaban J connectivity index is 1.22. The minimum absolute atomic E-state index is 0.0250. The predicted octanol–water partition coefficient (Wildman–Crippen LogP) is 4.26. The molecule has 2 aliphatic carbocycles. The van der Waals surface area contributed by atoms with E-state index in [4.69, 9.17) is 9.47 Å². The van der Waals surface area contributed by atoms with Crippen molar-refractivity contribution >= 4 is 46.5 Å². The number of thioether (sulfide) groups is 1. The summed E-state index contributed by atoms with van der Waals surface area (Å²) in [4.78, 5) is 58.7. The lowest BCUT2D eigenvalue weighted by Crippen LogP contribution is -2.46. The van der Waals surface area contributed by atoms with E-state index in [0.717, 1.165) is 27.5 Å². The number of aryl methyl sites for hydroxylation is 1. The number of likely N-dealkylation sites (tertiary alicyclic amines) is 1. The summed E-state index contributed by atoms with van der Waals surface area (Å²) in [6.07, 6.45) is 0.774. The molecule has 7 rings (SSSR count). The largest absolute Gasteiger partial charge is 0.493 e. The lowest BCUT2D eigenvalue weighted by atomic mass is 9.68. The number of benzene rings is 2. The molecule has 2 bridgehead atoms. The normalized spacial score (nSPS) is 29.6. The average Bonchev–Trinajstić information content (AvgIpc) is 3.72. The summed E-state index contributed by atoms with van der Waals surface area (Å²) in [6, 6.07) is 12.3. The van der Waals surface area contributed by atoms with Crippen LogP contribution in [0.2, 0.25) is 0 Å². The third-order valence-electron chi connectivity index (χ3n) is 9.61. The first-order valence-corrected chi connectivity index (χ1v) is 15.8. The second-order valence-electron chi connectivity index (χ2n) is 11.7. The molecular weight excluding hydrogens is 574 g/mol. The Morgan fingerprint density at radius 1 is 1.00 bits per heavy atom. The van der Waals surface area contributed by atoms with Gasteiger partial charge in [0.1, 0.15) is 6.04 Å². The van der Waals surface area contributed by atoms with Crippen LogP contribution in [0.3, 0.4) is 0 Å². The minimum Gasteiger partial charge on any atom is -0.493 e. The van der Waals surface area contributed by atoms with E-state index >= 15 is 0 Å². The number of nitrogens with one attached hydrogen (secondary N) is 2. The van der Waals surface area contributed by atoms with Crippen molar-refractivity contribution in [2.75, 3.05) is 19.5 Å². The third kappa shape index (κ3) is 3.96. The number of methoxy groups -OCH3 is 2. The summed E-state index contributed by atoms with van der Waals surface area (Å²) in [5, 5.41) is 3.76. The van der Waals surface area contributed by atoms with Crippen molar-refractivity contribution in [1.82, 2.24) is 9.88 Å². The van der Waals surface area contributed by atoms with E-state index in [2.05, 4.69) is 10.3 Å². The number of carbonyl (C=O) groups is 3. The van der Waals surface area contributed by atoms with Gasteiger partial charge in [0.05, 0.1) is 31.1 Å². The maximum absolute atomic E-state index is 14.0. The molecule has 1 saturated heterocycles. The molecule has 3 amide bonds. The predicted molar refractivity (Wildman–Crippen MR) is 159 cm³/mol.